The van der Waals surface area contributed by atoms with E-state index in [1.165, 1.54) is 0 Å². The molecule has 0 aromatic carbocycles. The number of rotatable bonds is 5. The van der Waals surface area contributed by atoms with Crippen molar-refractivity contribution in [2.45, 2.75) is 56.2 Å². The molecule has 122 valence electrons. The van der Waals surface area contributed by atoms with Crippen LogP contribution in [-0.4, -0.2) is 68.4 Å². The molecule has 2 aliphatic rings. The molecule has 21 heavy (non-hydrogen) atoms. The van der Waals surface area contributed by atoms with Gasteiger partial charge in [-0.25, -0.2) is 8.42 Å². The molecule has 0 aromatic heterocycles. The zero-order valence-corrected chi connectivity index (χ0v) is 14.1. The van der Waals surface area contributed by atoms with Crippen molar-refractivity contribution in [1.29, 1.82) is 0 Å². The van der Waals surface area contributed by atoms with Crippen molar-refractivity contribution in [2.75, 3.05) is 32.9 Å². The van der Waals surface area contributed by atoms with Crippen LogP contribution in [0.2, 0.25) is 0 Å². The third-order valence-corrected chi connectivity index (χ3v) is 6.79. The van der Waals surface area contributed by atoms with E-state index < -0.39 is 9.84 Å². The highest BCUT2D eigenvalue weighted by Gasteiger charge is 2.34. The number of carbonyl (C=O) groups is 1. The molecule has 0 radical (unpaired) electrons. The van der Waals surface area contributed by atoms with Gasteiger partial charge in [0.15, 0.2) is 9.84 Å². The highest BCUT2D eigenvalue weighted by atomic mass is 32.2. The minimum absolute atomic E-state index is 0.167. The highest BCUT2D eigenvalue weighted by Crippen LogP contribution is 2.26. The Bertz CT molecular complexity index is 456. The van der Waals surface area contributed by atoms with Crippen molar-refractivity contribution in [2.24, 2.45) is 0 Å². The summed E-state index contributed by atoms with van der Waals surface area (Å²) in [6, 6.07) is 0.167. The van der Waals surface area contributed by atoms with Crippen LogP contribution in [-0.2, 0) is 14.6 Å². The fourth-order valence-electron chi connectivity index (χ4n) is 3.56. The number of sulfone groups is 1. The van der Waals surface area contributed by atoms with E-state index in [0.717, 1.165) is 51.5 Å². The maximum Gasteiger partial charge on any atom is 0.238 e. The number of likely N-dealkylation sites (tertiary alicyclic amines) is 1. The normalized spacial score (nSPS) is 24.7. The van der Waals surface area contributed by atoms with E-state index in [4.69, 9.17) is 0 Å². The van der Waals surface area contributed by atoms with Crippen LogP contribution in [0, 0.1) is 0 Å². The van der Waals surface area contributed by atoms with Gasteiger partial charge in [0.2, 0.25) is 5.91 Å². The van der Waals surface area contributed by atoms with Crippen LogP contribution in [0.5, 0.6) is 0 Å². The second kappa shape index (κ2) is 7.09. The molecule has 0 N–H and O–H groups in total. The van der Waals surface area contributed by atoms with E-state index in [1.807, 2.05) is 19.0 Å². The van der Waals surface area contributed by atoms with E-state index in [0.29, 0.717) is 6.54 Å². The molecule has 1 amide bonds. The number of carbonyl (C=O) groups excluding carboxylic acids is 1. The third-order valence-electron chi connectivity index (χ3n) is 4.66. The van der Waals surface area contributed by atoms with Gasteiger partial charge in [-0.05, 0) is 46.2 Å². The van der Waals surface area contributed by atoms with E-state index in [1.54, 1.807) is 0 Å². The van der Waals surface area contributed by atoms with Gasteiger partial charge in [0, 0.05) is 19.1 Å². The number of likely N-dealkylation sites (N-methyl/N-ethyl adjacent to an activating group) is 1. The first-order chi connectivity index (χ1) is 9.90. The predicted octanol–water partition coefficient (Wildman–Crippen LogP) is 1.29. The average molecular weight is 316 g/mol. The summed E-state index contributed by atoms with van der Waals surface area (Å²) in [6.45, 7) is 1.52. The Kier molecular flexibility index (Phi) is 5.66. The van der Waals surface area contributed by atoms with Crippen LogP contribution in [0.4, 0.5) is 0 Å². The van der Waals surface area contributed by atoms with Crippen molar-refractivity contribution >= 4 is 15.7 Å². The highest BCUT2D eigenvalue weighted by molar-refractivity contribution is 7.92. The maximum absolute atomic E-state index is 12.5. The number of hydrogen-bond acceptors (Lipinski definition) is 4. The van der Waals surface area contributed by atoms with Gasteiger partial charge in [0.1, 0.15) is 5.75 Å². The van der Waals surface area contributed by atoms with Crippen LogP contribution in [0.3, 0.4) is 0 Å². The Morgan fingerprint density at radius 1 is 1.10 bits per heavy atom. The van der Waals surface area contributed by atoms with Crippen LogP contribution < -0.4 is 0 Å². The lowest BCUT2D eigenvalue weighted by Gasteiger charge is -2.37. The summed E-state index contributed by atoms with van der Waals surface area (Å²) in [4.78, 5) is 16.4. The summed E-state index contributed by atoms with van der Waals surface area (Å²) in [7, 11) is 0.720. The topological polar surface area (TPSA) is 57.7 Å². The van der Waals surface area contributed by atoms with Crippen molar-refractivity contribution in [1.82, 2.24) is 9.80 Å². The van der Waals surface area contributed by atoms with E-state index in [-0.39, 0.29) is 23.0 Å². The Balaban J connectivity index is 2.00. The first kappa shape index (κ1) is 16.7. The molecule has 2 fully saturated rings. The minimum atomic E-state index is -3.27. The van der Waals surface area contributed by atoms with Gasteiger partial charge in [-0.1, -0.05) is 12.8 Å². The van der Waals surface area contributed by atoms with Crippen LogP contribution in [0.1, 0.15) is 44.9 Å². The Labute approximate surface area is 128 Å². The molecule has 5 nitrogen and oxygen atoms in total. The molecule has 0 spiro atoms. The van der Waals surface area contributed by atoms with Crippen LogP contribution in [0.25, 0.3) is 0 Å². The van der Waals surface area contributed by atoms with Gasteiger partial charge in [0.25, 0.3) is 0 Å². The molecular weight excluding hydrogens is 288 g/mol. The molecule has 1 heterocycles. The fourth-order valence-corrected chi connectivity index (χ4v) is 5.36. The molecule has 1 saturated heterocycles. The van der Waals surface area contributed by atoms with E-state index in [9.17, 15) is 13.2 Å². The van der Waals surface area contributed by atoms with Crippen molar-refractivity contribution in [3.8, 4) is 0 Å². The number of nitrogens with zero attached hydrogens (tertiary/aromatic N) is 2. The largest absolute Gasteiger partial charge is 0.338 e. The molecule has 2 rings (SSSR count). The summed E-state index contributed by atoms with van der Waals surface area (Å²) in [6.07, 6.45) is 6.51. The van der Waals surface area contributed by atoms with Crippen LogP contribution >= 0.6 is 0 Å². The van der Waals surface area contributed by atoms with Gasteiger partial charge in [-0.15, -0.1) is 0 Å². The number of piperidine rings is 1. The van der Waals surface area contributed by atoms with E-state index >= 15 is 0 Å². The quantitative estimate of drug-likeness (QED) is 0.767. The minimum Gasteiger partial charge on any atom is -0.338 e. The zero-order valence-electron chi connectivity index (χ0n) is 13.3. The standard InChI is InChI=1S/C15H28N2O3S/c1-16(2)11-13-7-5-6-10-17(13)15(18)12-21(19,20)14-8-3-4-9-14/h13-14H,3-12H2,1-2H3/t13-/m0/s1. The number of hydrogen-bond donors (Lipinski definition) is 0. The van der Waals surface area contributed by atoms with Gasteiger partial charge in [0.05, 0.1) is 5.25 Å². The van der Waals surface area contributed by atoms with Crippen molar-refractivity contribution in [3.05, 3.63) is 0 Å². The second-order valence-electron chi connectivity index (χ2n) is 6.71. The van der Waals surface area contributed by atoms with Crippen molar-refractivity contribution in [3.63, 3.8) is 0 Å². The molecule has 0 aromatic rings. The first-order valence-electron chi connectivity index (χ1n) is 8.06. The lowest BCUT2D eigenvalue weighted by Crippen LogP contribution is -2.50. The van der Waals surface area contributed by atoms with Gasteiger partial charge in [-0.2, -0.15) is 0 Å². The lowest BCUT2D eigenvalue weighted by molar-refractivity contribution is -0.132. The summed E-state index contributed by atoms with van der Waals surface area (Å²) in [5, 5.41) is -0.279. The molecule has 1 atom stereocenters. The van der Waals surface area contributed by atoms with Crippen LogP contribution in [0.15, 0.2) is 0 Å². The lowest BCUT2D eigenvalue weighted by atomic mass is 10.0. The first-order valence-corrected chi connectivity index (χ1v) is 9.77. The average Bonchev–Trinajstić information content (AvgIpc) is 2.92. The molecular formula is C15H28N2O3S. The second-order valence-corrected chi connectivity index (χ2v) is 8.99. The monoisotopic (exact) mass is 316 g/mol. The van der Waals surface area contributed by atoms with Gasteiger partial charge in [-0.3, -0.25) is 4.79 Å². The summed E-state index contributed by atoms with van der Waals surface area (Å²) in [5.74, 6) is -0.477. The SMILES string of the molecule is CN(C)C[C@@H]1CCCCN1C(=O)CS(=O)(=O)C1CCCC1. The summed E-state index contributed by atoms with van der Waals surface area (Å²) in [5.41, 5.74) is 0. The van der Waals surface area contributed by atoms with Gasteiger partial charge >= 0.3 is 0 Å². The van der Waals surface area contributed by atoms with Crippen molar-refractivity contribution < 1.29 is 13.2 Å². The molecule has 6 heteroatoms. The smallest absolute Gasteiger partial charge is 0.238 e. The summed E-state index contributed by atoms with van der Waals surface area (Å²) < 4.78 is 24.7. The fraction of sp³-hybridized carbons (Fsp3) is 0.933. The summed E-state index contributed by atoms with van der Waals surface area (Å²) >= 11 is 0. The Morgan fingerprint density at radius 2 is 1.71 bits per heavy atom. The third kappa shape index (κ3) is 4.42. The predicted molar refractivity (Wildman–Crippen MR) is 83.9 cm³/mol. The zero-order chi connectivity index (χ0) is 15.5. The molecule has 1 saturated carbocycles. The molecule has 0 bridgehead atoms. The number of amides is 1. The van der Waals surface area contributed by atoms with E-state index in [2.05, 4.69) is 4.90 Å². The molecule has 1 aliphatic carbocycles. The Hall–Kier alpha value is -0.620. The maximum atomic E-state index is 12.5. The molecule has 0 unspecified atom stereocenters. The Morgan fingerprint density at radius 3 is 2.33 bits per heavy atom. The van der Waals surface area contributed by atoms with Gasteiger partial charge < -0.3 is 9.80 Å². The molecule has 1 aliphatic heterocycles.